The SMILES string of the molecule is Cc1ccc(CNC(=O)CCc2nc(-c3ccsc3)no2)n1C. The van der Waals surface area contributed by atoms with Crippen molar-refractivity contribution < 1.29 is 9.32 Å². The number of aromatic nitrogens is 3. The van der Waals surface area contributed by atoms with Crippen LogP contribution in [0.4, 0.5) is 0 Å². The molecular formula is C16H18N4O2S. The van der Waals surface area contributed by atoms with Crippen molar-refractivity contribution in [3.8, 4) is 11.4 Å². The fraction of sp³-hybridized carbons (Fsp3) is 0.312. The van der Waals surface area contributed by atoms with Crippen molar-refractivity contribution in [2.24, 2.45) is 7.05 Å². The summed E-state index contributed by atoms with van der Waals surface area (Å²) in [6.45, 7) is 2.55. The van der Waals surface area contributed by atoms with Crippen LogP contribution in [0.2, 0.25) is 0 Å². The number of nitrogens with one attached hydrogen (secondary N) is 1. The lowest BCUT2D eigenvalue weighted by Crippen LogP contribution is -2.24. The van der Waals surface area contributed by atoms with Crippen LogP contribution in [-0.2, 0) is 24.8 Å². The summed E-state index contributed by atoms with van der Waals surface area (Å²) in [5, 5.41) is 10.8. The average molecular weight is 330 g/mol. The molecular weight excluding hydrogens is 312 g/mol. The third kappa shape index (κ3) is 3.68. The Kier molecular flexibility index (Phi) is 4.57. The minimum atomic E-state index is -0.0286. The second-order valence-corrected chi connectivity index (χ2v) is 6.11. The van der Waals surface area contributed by atoms with Crippen molar-refractivity contribution in [3.63, 3.8) is 0 Å². The van der Waals surface area contributed by atoms with Gasteiger partial charge in [-0.15, -0.1) is 0 Å². The number of aryl methyl sites for hydroxylation is 2. The number of rotatable bonds is 6. The molecule has 0 fully saturated rings. The van der Waals surface area contributed by atoms with E-state index < -0.39 is 0 Å². The molecule has 0 spiro atoms. The zero-order chi connectivity index (χ0) is 16.2. The molecule has 0 aliphatic heterocycles. The number of carbonyl (C=O) groups excluding carboxylic acids is 1. The van der Waals surface area contributed by atoms with Gasteiger partial charge < -0.3 is 14.4 Å². The Morgan fingerprint density at radius 2 is 2.26 bits per heavy atom. The van der Waals surface area contributed by atoms with Crippen LogP contribution in [0.3, 0.4) is 0 Å². The van der Waals surface area contributed by atoms with Gasteiger partial charge in [-0.25, -0.2) is 0 Å². The van der Waals surface area contributed by atoms with Crippen molar-refractivity contribution in [3.05, 3.63) is 46.2 Å². The van der Waals surface area contributed by atoms with Gasteiger partial charge >= 0.3 is 0 Å². The first-order valence-corrected chi connectivity index (χ1v) is 8.31. The summed E-state index contributed by atoms with van der Waals surface area (Å²) in [5.41, 5.74) is 3.18. The lowest BCUT2D eigenvalue weighted by molar-refractivity contribution is -0.121. The number of nitrogens with zero attached hydrogens (tertiary/aromatic N) is 3. The molecule has 6 nitrogen and oxygen atoms in total. The number of amides is 1. The predicted molar refractivity (Wildman–Crippen MR) is 87.9 cm³/mol. The summed E-state index contributed by atoms with van der Waals surface area (Å²) >= 11 is 1.58. The van der Waals surface area contributed by atoms with Crippen molar-refractivity contribution >= 4 is 17.2 Å². The fourth-order valence-electron chi connectivity index (χ4n) is 2.21. The van der Waals surface area contributed by atoms with Crippen LogP contribution in [0.25, 0.3) is 11.4 Å². The van der Waals surface area contributed by atoms with Crippen LogP contribution in [0.15, 0.2) is 33.5 Å². The van der Waals surface area contributed by atoms with Gasteiger partial charge in [-0.1, -0.05) is 5.16 Å². The third-order valence-electron chi connectivity index (χ3n) is 3.76. The van der Waals surface area contributed by atoms with E-state index in [1.807, 2.05) is 42.9 Å². The van der Waals surface area contributed by atoms with E-state index in [1.165, 1.54) is 5.69 Å². The Labute approximate surface area is 138 Å². The number of hydrogen-bond donors (Lipinski definition) is 1. The highest BCUT2D eigenvalue weighted by molar-refractivity contribution is 7.08. The molecule has 1 amide bonds. The zero-order valence-corrected chi connectivity index (χ0v) is 13.9. The van der Waals surface area contributed by atoms with E-state index in [4.69, 9.17) is 4.52 Å². The van der Waals surface area contributed by atoms with E-state index >= 15 is 0 Å². The van der Waals surface area contributed by atoms with Gasteiger partial charge in [0.05, 0.1) is 6.54 Å². The van der Waals surface area contributed by atoms with Gasteiger partial charge in [-0.2, -0.15) is 16.3 Å². The Bertz CT molecular complexity index is 789. The molecule has 120 valence electrons. The molecule has 0 unspecified atom stereocenters. The molecule has 3 rings (SSSR count). The smallest absolute Gasteiger partial charge is 0.227 e. The van der Waals surface area contributed by atoms with Gasteiger partial charge in [0.1, 0.15) is 0 Å². The van der Waals surface area contributed by atoms with Crippen LogP contribution in [0.1, 0.15) is 23.7 Å². The quantitative estimate of drug-likeness (QED) is 0.754. The maximum atomic E-state index is 11.9. The number of hydrogen-bond acceptors (Lipinski definition) is 5. The minimum Gasteiger partial charge on any atom is -0.351 e. The van der Waals surface area contributed by atoms with E-state index in [2.05, 4.69) is 20.0 Å². The highest BCUT2D eigenvalue weighted by Crippen LogP contribution is 2.18. The number of thiophene rings is 1. The van der Waals surface area contributed by atoms with Gasteiger partial charge in [0.15, 0.2) is 0 Å². The van der Waals surface area contributed by atoms with E-state index in [9.17, 15) is 4.79 Å². The second-order valence-electron chi connectivity index (χ2n) is 5.33. The van der Waals surface area contributed by atoms with Crippen LogP contribution < -0.4 is 5.32 Å². The van der Waals surface area contributed by atoms with Gasteiger partial charge in [0.25, 0.3) is 0 Å². The molecule has 0 radical (unpaired) electrons. The van der Waals surface area contributed by atoms with Crippen LogP contribution >= 0.6 is 11.3 Å². The first-order valence-electron chi connectivity index (χ1n) is 7.36. The van der Waals surface area contributed by atoms with E-state index in [0.717, 1.165) is 11.3 Å². The molecule has 3 aromatic heterocycles. The molecule has 3 heterocycles. The van der Waals surface area contributed by atoms with Crippen molar-refractivity contribution in [2.75, 3.05) is 0 Å². The zero-order valence-electron chi connectivity index (χ0n) is 13.1. The molecule has 0 aliphatic carbocycles. The van der Waals surface area contributed by atoms with E-state index in [-0.39, 0.29) is 5.91 Å². The maximum Gasteiger partial charge on any atom is 0.227 e. The summed E-state index contributed by atoms with van der Waals surface area (Å²) in [7, 11) is 1.99. The molecule has 1 N–H and O–H groups in total. The first-order chi connectivity index (χ1) is 11.1. The Morgan fingerprint density at radius 3 is 2.96 bits per heavy atom. The van der Waals surface area contributed by atoms with Crippen molar-refractivity contribution in [1.82, 2.24) is 20.0 Å². The largest absolute Gasteiger partial charge is 0.351 e. The average Bonchev–Trinajstić information content (AvgIpc) is 3.27. The molecule has 0 saturated heterocycles. The van der Waals surface area contributed by atoms with Crippen LogP contribution in [-0.4, -0.2) is 20.6 Å². The first kappa shape index (κ1) is 15.5. The number of carbonyl (C=O) groups is 1. The van der Waals surface area contributed by atoms with Gasteiger partial charge in [0, 0.05) is 42.2 Å². The molecule has 0 saturated carbocycles. The Morgan fingerprint density at radius 1 is 1.39 bits per heavy atom. The normalized spacial score (nSPS) is 10.9. The maximum absolute atomic E-state index is 11.9. The monoisotopic (exact) mass is 330 g/mol. The molecule has 0 aromatic carbocycles. The second kappa shape index (κ2) is 6.78. The standard InChI is InChI=1S/C16H18N4O2S/c1-11-3-4-13(20(11)2)9-17-14(21)5-6-15-18-16(19-22-15)12-7-8-23-10-12/h3-4,7-8,10H,5-6,9H2,1-2H3,(H,17,21). The van der Waals surface area contributed by atoms with Crippen molar-refractivity contribution in [1.29, 1.82) is 0 Å². The van der Waals surface area contributed by atoms with Crippen molar-refractivity contribution in [2.45, 2.75) is 26.3 Å². The van der Waals surface area contributed by atoms with Gasteiger partial charge in [-0.3, -0.25) is 4.79 Å². The third-order valence-corrected chi connectivity index (χ3v) is 4.44. The molecule has 3 aromatic rings. The van der Waals surface area contributed by atoms with Gasteiger partial charge in [-0.05, 0) is 30.5 Å². The fourth-order valence-corrected chi connectivity index (χ4v) is 2.84. The molecule has 0 bridgehead atoms. The van der Waals surface area contributed by atoms with E-state index in [1.54, 1.807) is 11.3 Å². The summed E-state index contributed by atoms with van der Waals surface area (Å²) in [5.74, 6) is 1.02. The highest BCUT2D eigenvalue weighted by Gasteiger charge is 2.11. The predicted octanol–water partition coefficient (Wildman–Crippen LogP) is 2.69. The van der Waals surface area contributed by atoms with Crippen LogP contribution in [0, 0.1) is 6.92 Å². The van der Waals surface area contributed by atoms with E-state index in [0.29, 0.717) is 31.1 Å². The summed E-state index contributed by atoms with van der Waals surface area (Å²) in [6, 6.07) is 5.99. The van der Waals surface area contributed by atoms with Crippen LogP contribution in [0.5, 0.6) is 0 Å². The molecule has 0 aliphatic rings. The minimum absolute atomic E-state index is 0.0286. The lowest BCUT2D eigenvalue weighted by atomic mass is 10.3. The van der Waals surface area contributed by atoms with Gasteiger partial charge in [0.2, 0.25) is 17.6 Å². The Balaban J connectivity index is 1.48. The summed E-state index contributed by atoms with van der Waals surface area (Å²) in [6.07, 6.45) is 0.768. The lowest BCUT2D eigenvalue weighted by Gasteiger charge is -2.06. The molecule has 23 heavy (non-hydrogen) atoms. The summed E-state index contributed by atoms with van der Waals surface area (Å²) < 4.78 is 7.24. The Hall–Kier alpha value is -2.41. The molecule has 7 heteroatoms. The topological polar surface area (TPSA) is 73.0 Å². The summed E-state index contributed by atoms with van der Waals surface area (Å²) in [4.78, 5) is 16.2. The molecule has 0 atom stereocenters. The highest BCUT2D eigenvalue weighted by atomic mass is 32.1.